The summed E-state index contributed by atoms with van der Waals surface area (Å²) in [6, 6.07) is 13.9. The number of aliphatic hydroxyl groups excluding tert-OH is 1. The molecule has 0 saturated carbocycles. The van der Waals surface area contributed by atoms with Crippen LogP contribution in [-0.4, -0.2) is 55.8 Å². The van der Waals surface area contributed by atoms with E-state index in [0.29, 0.717) is 12.3 Å². The van der Waals surface area contributed by atoms with E-state index in [1.54, 1.807) is 6.08 Å². The first-order chi connectivity index (χ1) is 14.0. The van der Waals surface area contributed by atoms with Crippen molar-refractivity contribution in [2.45, 2.75) is 19.2 Å². The van der Waals surface area contributed by atoms with Gasteiger partial charge in [-0.25, -0.2) is 0 Å². The summed E-state index contributed by atoms with van der Waals surface area (Å²) in [5.41, 5.74) is 4.58. The molecule has 0 bridgehead atoms. The van der Waals surface area contributed by atoms with Gasteiger partial charge in [0, 0.05) is 52.0 Å². The summed E-state index contributed by atoms with van der Waals surface area (Å²) >= 11 is 0. The van der Waals surface area contributed by atoms with Crippen LogP contribution in [0.25, 0.3) is 6.08 Å². The molecule has 0 saturated heterocycles. The molecule has 1 atom stereocenters. The number of fused-ring (bicyclic) bond motifs is 1. The number of aliphatic hydroxyl groups is 1. The zero-order valence-corrected chi connectivity index (χ0v) is 17.1. The number of ether oxygens (including phenoxy) is 1. The minimum absolute atomic E-state index is 0.0951. The highest BCUT2D eigenvalue weighted by Gasteiger charge is 2.20. The van der Waals surface area contributed by atoms with Crippen molar-refractivity contribution in [1.82, 2.24) is 10.2 Å². The zero-order valence-electron chi connectivity index (χ0n) is 17.1. The summed E-state index contributed by atoms with van der Waals surface area (Å²) in [5.74, 6) is 0.359. The first kappa shape index (κ1) is 20.9. The predicted octanol–water partition coefficient (Wildman–Crippen LogP) is 2.27. The number of nitrogens with one attached hydrogen (secondary N) is 1. The molecule has 1 unspecified atom stereocenters. The molecule has 2 aromatic rings. The second-order valence-electron chi connectivity index (χ2n) is 7.50. The van der Waals surface area contributed by atoms with E-state index in [-0.39, 0.29) is 19.1 Å². The smallest absolute Gasteiger partial charge is 0.258 e. The largest absolute Gasteiger partial charge is 0.484 e. The van der Waals surface area contributed by atoms with E-state index in [2.05, 4.69) is 28.9 Å². The van der Waals surface area contributed by atoms with E-state index in [1.807, 2.05) is 49.3 Å². The number of hydrogen-bond donors (Lipinski definition) is 2. The summed E-state index contributed by atoms with van der Waals surface area (Å²) in [6.45, 7) is 6.10. The lowest BCUT2D eigenvalue weighted by atomic mass is 10.1. The van der Waals surface area contributed by atoms with E-state index in [0.717, 1.165) is 24.3 Å². The molecular weight excluding hydrogens is 366 g/mol. The van der Waals surface area contributed by atoms with Crippen LogP contribution < -0.4 is 15.0 Å². The van der Waals surface area contributed by atoms with Crippen molar-refractivity contribution in [3.8, 4) is 5.75 Å². The number of anilines is 1. The molecule has 3 rings (SSSR count). The SMILES string of the molecule is C=Cc1ccc(OCC(=O)NCC(O)CN2Cc3ccccc3C2)cc1N(C)C. The van der Waals surface area contributed by atoms with Gasteiger partial charge in [0.15, 0.2) is 6.61 Å². The number of amides is 1. The van der Waals surface area contributed by atoms with Crippen LogP contribution in [-0.2, 0) is 17.9 Å². The molecule has 1 heterocycles. The number of carbonyl (C=O) groups is 1. The van der Waals surface area contributed by atoms with Crippen LogP contribution >= 0.6 is 0 Å². The fraction of sp³-hybridized carbons (Fsp3) is 0.348. The summed E-state index contributed by atoms with van der Waals surface area (Å²) in [4.78, 5) is 16.2. The maximum Gasteiger partial charge on any atom is 0.258 e. The molecule has 6 nitrogen and oxygen atoms in total. The van der Waals surface area contributed by atoms with Crippen LogP contribution in [0, 0.1) is 0 Å². The highest BCUT2D eigenvalue weighted by molar-refractivity contribution is 5.77. The Labute approximate surface area is 172 Å². The van der Waals surface area contributed by atoms with Gasteiger partial charge in [-0.1, -0.05) is 36.9 Å². The van der Waals surface area contributed by atoms with Crippen LogP contribution in [0.2, 0.25) is 0 Å². The molecule has 0 fully saturated rings. The number of β-amino-alcohol motifs (C(OH)–C–C–N with tert-alkyl or cyclic N) is 1. The zero-order chi connectivity index (χ0) is 20.8. The van der Waals surface area contributed by atoms with Gasteiger partial charge in [-0.2, -0.15) is 0 Å². The molecule has 2 aromatic carbocycles. The quantitative estimate of drug-likeness (QED) is 0.682. The molecule has 1 aliphatic rings. The Bertz CT molecular complexity index is 841. The Kier molecular flexibility index (Phi) is 6.90. The lowest BCUT2D eigenvalue weighted by Crippen LogP contribution is -2.40. The van der Waals surface area contributed by atoms with E-state index in [4.69, 9.17) is 4.74 Å². The van der Waals surface area contributed by atoms with Crippen LogP contribution in [0.4, 0.5) is 5.69 Å². The van der Waals surface area contributed by atoms with Crippen LogP contribution in [0.15, 0.2) is 49.0 Å². The lowest BCUT2D eigenvalue weighted by Gasteiger charge is -2.20. The van der Waals surface area contributed by atoms with Gasteiger partial charge in [0.1, 0.15) is 5.75 Å². The predicted molar refractivity (Wildman–Crippen MR) is 116 cm³/mol. The van der Waals surface area contributed by atoms with E-state index in [9.17, 15) is 9.90 Å². The second-order valence-corrected chi connectivity index (χ2v) is 7.50. The lowest BCUT2D eigenvalue weighted by molar-refractivity contribution is -0.123. The van der Waals surface area contributed by atoms with Crippen LogP contribution in [0.1, 0.15) is 16.7 Å². The molecule has 29 heavy (non-hydrogen) atoms. The summed E-state index contributed by atoms with van der Waals surface area (Å²) in [6.07, 6.45) is 1.16. The number of hydrogen-bond acceptors (Lipinski definition) is 5. The Morgan fingerprint density at radius 3 is 2.59 bits per heavy atom. The molecular formula is C23H29N3O3. The monoisotopic (exact) mass is 395 g/mol. The average Bonchev–Trinajstić information content (AvgIpc) is 3.12. The van der Waals surface area contributed by atoms with Crippen molar-refractivity contribution in [3.63, 3.8) is 0 Å². The molecule has 0 spiro atoms. The van der Waals surface area contributed by atoms with Crippen molar-refractivity contribution in [3.05, 3.63) is 65.7 Å². The molecule has 0 aliphatic carbocycles. The Balaban J connectivity index is 1.41. The first-order valence-electron chi connectivity index (χ1n) is 9.76. The van der Waals surface area contributed by atoms with Gasteiger partial charge in [0.2, 0.25) is 0 Å². The van der Waals surface area contributed by atoms with Gasteiger partial charge < -0.3 is 20.1 Å². The van der Waals surface area contributed by atoms with Gasteiger partial charge in [-0.3, -0.25) is 9.69 Å². The highest BCUT2D eigenvalue weighted by atomic mass is 16.5. The van der Waals surface area contributed by atoms with Crippen LogP contribution in [0.5, 0.6) is 5.75 Å². The third kappa shape index (κ3) is 5.59. The average molecular weight is 396 g/mol. The third-order valence-electron chi connectivity index (χ3n) is 4.98. The maximum absolute atomic E-state index is 12.1. The van der Waals surface area contributed by atoms with Crippen molar-refractivity contribution < 1.29 is 14.6 Å². The van der Waals surface area contributed by atoms with E-state index >= 15 is 0 Å². The van der Waals surface area contributed by atoms with Gasteiger partial charge in [0.25, 0.3) is 5.91 Å². The van der Waals surface area contributed by atoms with Crippen molar-refractivity contribution >= 4 is 17.7 Å². The van der Waals surface area contributed by atoms with Crippen molar-refractivity contribution in [2.24, 2.45) is 0 Å². The maximum atomic E-state index is 12.1. The minimum Gasteiger partial charge on any atom is -0.484 e. The minimum atomic E-state index is -0.625. The highest BCUT2D eigenvalue weighted by Crippen LogP contribution is 2.25. The number of rotatable bonds is 9. The normalized spacial score (nSPS) is 14.2. The molecule has 0 aromatic heterocycles. The topological polar surface area (TPSA) is 65.0 Å². The number of benzene rings is 2. The molecule has 6 heteroatoms. The van der Waals surface area contributed by atoms with Gasteiger partial charge >= 0.3 is 0 Å². The third-order valence-corrected chi connectivity index (χ3v) is 4.98. The summed E-state index contributed by atoms with van der Waals surface area (Å²) in [7, 11) is 3.89. The van der Waals surface area contributed by atoms with Crippen molar-refractivity contribution in [1.29, 1.82) is 0 Å². The van der Waals surface area contributed by atoms with Gasteiger partial charge in [-0.05, 0) is 28.8 Å². The fourth-order valence-corrected chi connectivity index (χ4v) is 3.50. The van der Waals surface area contributed by atoms with E-state index < -0.39 is 6.10 Å². The van der Waals surface area contributed by atoms with Gasteiger partial charge in [0.05, 0.1) is 6.10 Å². The second kappa shape index (κ2) is 9.58. The molecule has 2 N–H and O–H groups in total. The fourth-order valence-electron chi connectivity index (χ4n) is 3.50. The summed E-state index contributed by atoms with van der Waals surface area (Å²) < 4.78 is 5.60. The molecule has 1 aliphatic heterocycles. The number of nitrogens with zero attached hydrogens (tertiary/aromatic N) is 2. The first-order valence-corrected chi connectivity index (χ1v) is 9.76. The van der Waals surface area contributed by atoms with Crippen LogP contribution in [0.3, 0.4) is 0 Å². The molecule has 1 amide bonds. The Morgan fingerprint density at radius 1 is 1.28 bits per heavy atom. The Hall–Kier alpha value is -2.83. The summed E-state index contributed by atoms with van der Waals surface area (Å²) in [5, 5.41) is 13.0. The molecule has 154 valence electrons. The van der Waals surface area contributed by atoms with Crippen molar-refractivity contribution in [2.75, 3.05) is 38.7 Å². The van der Waals surface area contributed by atoms with E-state index in [1.165, 1.54) is 11.1 Å². The Morgan fingerprint density at radius 2 is 1.97 bits per heavy atom. The van der Waals surface area contributed by atoms with Gasteiger partial charge in [-0.15, -0.1) is 0 Å². The molecule has 0 radical (unpaired) electrons. The number of carbonyl (C=O) groups excluding carboxylic acids is 1. The standard InChI is InChI=1S/C23H29N3O3/c1-4-17-9-10-21(11-22(17)25(2)3)29-16-23(28)24-12-20(27)15-26-13-18-7-5-6-8-19(18)14-26/h4-11,20,27H,1,12-16H2,2-3H3,(H,24,28).